The summed E-state index contributed by atoms with van der Waals surface area (Å²) in [5.74, 6) is 6.57. The molecule has 2 heterocycles. The number of ether oxygens (including phenoxy) is 1. The monoisotopic (exact) mass is 751 g/mol. The SMILES string of the molecule is N#CC1CCC2C(C1)OC1C=C(C3CCCC(C4=NC(C5=CCCCC5)NC(C5=CCCC=C5)N4)C3)CCC1C21C2=C(CCCC2)C2CC3C=CC=CC3CC21. The lowest BCUT2D eigenvalue weighted by Gasteiger charge is -2.62. The summed E-state index contributed by atoms with van der Waals surface area (Å²) in [5, 5.41) is 18.1. The van der Waals surface area contributed by atoms with E-state index in [-0.39, 0.29) is 35.9 Å². The molecule has 5 heteroatoms. The van der Waals surface area contributed by atoms with Gasteiger partial charge in [0.1, 0.15) is 18.2 Å². The van der Waals surface area contributed by atoms with Crippen LogP contribution in [-0.4, -0.2) is 30.4 Å². The Labute approximate surface area is 337 Å². The van der Waals surface area contributed by atoms with Gasteiger partial charge >= 0.3 is 0 Å². The Kier molecular flexibility index (Phi) is 9.70. The standard InChI is InChI=1S/C51H66N4O/c52-31-32-22-24-43-46(26-32)56-47-30-38(23-25-44(47)51(43)42-21-10-9-20-40(42)41-28-36-16-7-8-17-37(36)29-45(41)51)35-18-11-19-39(27-35)50-54-48(33-12-3-1-4-13-33)53-49(55-50)34-14-5-2-6-15-34/h3,7-8,12-14,16-17,30,32,35-37,39,41,43-49,53H,1-2,4-6,9-11,15,18-29H2,(H,54,55). The molecule has 2 N–H and O–H groups in total. The Morgan fingerprint density at radius 1 is 0.750 bits per heavy atom. The van der Waals surface area contributed by atoms with Crippen molar-refractivity contribution in [3.63, 3.8) is 0 Å². The van der Waals surface area contributed by atoms with Gasteiger partial charge in [-0.3, -0.25) is 5.32 Å². The van der Waals surface area contributed by atoms with E-state index in [0.29, 0.717) is 35.5 Å². The van der Waals surface area contributed by atoms with E-state index in [1.165, 1.54) is 126 Å². The fourth-order valence-electron chi connectivity index (χ4n) is 15.3. The number of hydrogen-bond donors (Lipinski definition) is 2. The molecule has 11 aliphatic rings. The van der Waals surface area contributed by atoms with Gasteiger partial charge in [-0.25, -0.2) is 4.99 Å². The minimum atomic E-state index is 0.0970. The number of rotatable bonds is 4. The second-order valence-corrected chi connectivity index (χ2v) is 20.1. The van der Waals surface area contributed by atoms with E-state index in [9.17, 15) is 5.26 Å². The first-order valence-electron chi connectivity index (χ1n) is 23.7. The molecular formula is C51H66N4O. The lowest BCUT2D eigenvalue weighted by molar-refractivity contribution is -0.202. The van der Waals surface area contributed by atoms with Crippen molar-refractivity contribution in [2.75, 3.05) is 0 Å². The van der Waals surface area contributed by atoms with Crippen LogP contribution in [0.3, 0.4) is 0 Å². The molecule has 0 aromatic rings. The molecule has 3 saturated carbocycles. The van der Waals surface area contributed by atoms with Crippen LogP contribution in [0, 0.1) is 70.0 Å². The van der Waals surface area contributed by atoms with Gasteiger partial charge in [-0.1, -0.05) is 77.8 Å². The largest absolute Gasteiger partial charge is 0.370 e. The summed E-state index contributed by atoms with van der Waals surface area (Å²) in [6, 6.07) is 2.73. The first-order chi connectivity index (χ1) is 27.7. The number of amidine groups is 1. The highest BCUT2D eigenvalue weighted by atomic mass is 16.5. The lowest BCUT2D eigenvalue weighted by Crippen LogP contribution is -2.61. The third-order valence-corrected chi connectivity index (χ3v) is 17.6. The molecule has 296 valence electrons. The van der Waals surface area contributed by atoms with Crippen molar-refractivity contribution in [1.29, 1.82) is 5.26 Å². The zero-order valence-electron chi connectivity index (χ0n) is 33.9. The van der Waals surface area contributed by atoms with Crippen LogP contribution in [0.25, 0.3) is 0 Å². The van der Waals surface area contributed by atoms with Gasteiger partial charge in [0.15, 0.2) is 0 Å². The quantitative estimate of drug-likeness (QED) is 0.281. The topological polar surface area (TPSA) is 69.4 Å². The number of nitrogens with one attached hydrogen (secondary N) is 2. The van der Waals surface area contributed by atoms with Crippen molar-refractivity contribution in [2.24, 2.45) is 63.7 Å². The van der Waals surface area contributed by atoms with Crippen molar-refractivity contribution in [3.8, 4) is 6.07 Å². The van der Waals surface area contributed by atoms with E-state index in [0.717, 1.165) is 37.5 Å². The van der Waals surface area contributed by atoms with Gasteiger partial charge in [-0.15, -0.1) is 0 Å². The zero-order valence-corrected chi connectivity index (χ0v) is 33.9. The van der Waals surface area contributed by atoms with E-state index >= 15 is 0 Å². The third-order valence-electron chi connectivity index (χ3n) is 17.6. The number of nitriles is 1. The Morgan fingerprint density at radius 2 is 1.62 bits per heavy atom. The summed E-state index contributed by atoms with van der Waals surface area (Å²) >= 11 is 0. The minimum Gasteiger partial charge on any atom is -0.370 e. The predicted molar refractivity (Wildman–Crippen MR) is 225 cm³/mol. The van der Waals surface area contributed by atoms with Crippen LogP contribution in [0.15, 0.2) is 87.5 Å². The highest BCUT2D eigenvalue weighted by Crippen LogP contribution is 2.72. The van der Waals surface area contributed by atoms with Crippen LogP contribution in [0.2, 0.25) is 0 Å². The molecule has 0 radical (unpaired) electrons. The molecule has 1 saturated heterocycles. The molecule has 1 spiro atoms. The zero-order chi connectivity index (χ0) is 37.2. The molecule has 2 aliphatic heterocycles. The predicted octanol–water partition coefficient (Wildman–Crippen LogP) is 11.1. The highest BCUT2D eigenvalue weighted by Gasteiger charge is 2.67. The summed E-state index contributed by atoms with van der Waals surface area (Å²) < 4.78 is 7.47. The average molecular weight is 751 g/mol. The van der Waals surface area contributed by atoms with Gasteiger partial charge in [0.05, 0.1) is 18.3 Å². The van der Waals surface area contributed by atoms with E-state index < -0.39 is 0 Å². The maximum Gasteiger partial charge on any atom is 0.125 e. The Hall–Kier alpha value is -2.94. The molecule has 14 unspecified atom stereocenters. The molecule has 11 rings (SSSR count). The Morgan fingerprint density at radius 3 is 2.48 bits per heavy atom. The van der Waals surface area contributed by atoms with Crippen molar-refractivity contribution < 1.29 is 4.74 Å². The number of allylic oxidation sites excluding steroid dienone is 10. The molecule has 4 fully saturated rings. The molecule has 5 nitrogen and oxygen atoms in total. The van der Waals surface area contributed by atoms with E-state index in [4.69, 9.17) is 9.73 Å². The fraction of sp³-hybridized carbons (Fsp3) is 0.686. The molecule has 56 heavy (non-hydrogen) atoms. The molecule has 0 amide bonds. The molecule has 0 aromatic heterocycles. The van der Waals surface area contributed by atoms with Crippen molar-refractivity contribution in [1.82, 2.24) is 10.6 Å². The molecule has 0 bridgehead atoms. The molecule has 14 atom stereocenters. The summed E-state index contributed by atoms with van der Waals surface area (Å²) in [4.78, 5) is 5.52. The highest BCUT2D eigenvalue weighted by molar-refractivity contribution is 5.86. The minimum absolute atomic E-state index is 0.0970. The second-order valence-electron chi connectivity index (χ2n) is 20.1. The number of aliphatic imine (C=N–C) groups is 1. The van der Waals surface area contributed by atoms with E-state index in [2.05, 4.69) is 71.4 Å². The third kappa shape index (κ3) is 6.08. The Bertz CT molecular complexity index is 1850. The smallest absolute Gasteiger partial charge is 0.125 e. The summed E-state index contributed by atoms with van der Waals surface area (Å²) in [6.07, 6.45) is 48.9. The second kappa shape index (κ2) is 15.0. The fourth-order valence-corrected chi connectivity index (χ4v) is 15.3. The van der Waals surface area contributed by atoms with Crippen molar-refractivity contribution in [3.05, 3.63) is 82.5 Å². The Balaban J connectivity index is 0.909. The summed E-state index contributed by atoms with van der Waals surface area (Å²) in [5.41, 5.74) is 8.72. The van der Waals surface area contributed by atoms with Crippen LogP contribution >= 0.6 is 0 Å². The van der Waals surface area contributed by atoms with Gasteiger partial charge in [-0.05, 0) is 181 Å². The number of nitrogens with zero attached hydrogens (tertiary/aromatic N) is 2. The van der Waals surface area contributed by atoms with Crippen LogP contribution < -0.4 is 10.6 Å². The average Bonchev–Trinajstić information content (AvgIpc) is 3.55. The van der Waals surface area contributed by atoms with Crippen molar-refractivity contribution in [2.45, 2.75) is 159 Å². The van der Waals surface area contributed by atoms with Crippen LogP contribution in [0.4, 0.5) is 0 Å². The van der Waals surface area contributed by atoms with Gasteiger partial charge < -0.3 is 10.1 Å². The first-order valence-corrected chi connectivity index (χ1v) is 23.7. The molecule has 9 aliphatic carbocycles. The normalized spacial score (nSPS) is 45.4. The van der Waals surface area contributed by atoms with Gasteiger partial charge in [0.25, 0.3) is 0 Å². The van der Waals surface area contributed by atoms with Gasteiger partial charge in [0.2, 0.25) is 0 Å². The number of fused-ring (bicyclic) bond motifs is 9. The first kappa shape index (κ1) is 36.2. The van der Waals surface area contributed by atoms with Crippen molar-refractivity contribution >= 4 is 5.84 Å². The maximum absolute atomic E-state index is 10.2. The number of hydrogen-bond acceptors (Lipinski definition) is 5. The van der Waals surface area contributed by atoms with Gasteiger partial charge in [-0.2, -0.15) is 5.26 Å². The van der Waals surface area contributed by atoms with E-state index in [1.54, 1.807) is 5.57 Å². The van der Waals surface area contributed by atoms with Crippen LogP contribution in [-0.2, 0) is 4.74 Å². The lowest BCUT2D eigenvalue weighted by atomic mass is 9.46. The van der Waals surface area contributed by atoms with Crippen LogP contribution in [0.5, 0.6) is 0 Å². The summed E-state index contributed by atoms with van der Waals surface area (Å²) in [7, 11) is 0. The van der Waals surface area contributed by atoms with E-state index in [1.807, 2.05) is 11.1 Å². The molecular weight excluding hydrogens is 685 g/mol. The molecule has 0 aromatic carbocycles. The van der Waals surface area contributed by atoms with Crippen LogP contribution in [0.1, 0.15) is 135 Å². The van der Waals surface area contributed by atoms with Gasteiger partial charge in [0, 0.05) is 17.3 Å². The summed E-state index contributed by atoms with van der Waals surface area (Å²) in [6.45, 7) is 0. The maximum atomic E-state index is 10.2.